The Morgan fingerprint density at radius 3 is 2.33 bits per heavy atom. The van der Waals surface area contributed by atoms with Crippen LogP contribution in [0.3, 0.4) is 0 Å². The molecule has 0 amide bonds. The Kier molecular flexibility index (Phi) is 5.86. The maximum atomic E-state index is 5.98. The number of aryl methyl sites for hydroxylation is 1. The second kappa shape index (κ2) is 7.44. The van der Waals surface area contributed by atoms with Crippen molar-refractivity contribution in [2.45, 2.75) is 33.4 Å². The van der Waals surface area contributed by atoms with E-state index in [2.05, 4.69) is 72.3 Å². The number of rotatable bonds is 5. The lowest BCUT2D eigenvalue weighted by molar-refractivity contribution is 0.410. The molecule has 0 aliphatic carbocycles. The van der Waals surface area contributed by atoms with Crippen molar-refractivity contribution in [1.29, 1.82) is 0 Å². The largest absolute Gasteiger partial charge is 0.306 e. The van der Waals surface area contributed by atoms with E-state index in [1.807, 2.05) is 12.1 Å². The highest BCUT2D eigenvalue weighted by atomic mass is 79.9. The molecule has 0 heterocycles. The Morgan fingerprint density at radius 1 is 1.10 bits per heavy atom. The highest BCUT2D eigenvalue weighted by Gasteiger charge is 2.15. The van der Waals surface area contributed by atoms with Gasteiger partial charge in [0, 0.05) is 22.1 Å². The Morgan fingerprint density at radius 2 is 1.76 bits per heavy atom. The first-order valence-electron chi connectivity index (χ1n) is 7.21. The second-order valence-electron chi connectivity index (χ2n) is 5.75. The molecule has 0 fully saturated rings. The Bertz CT molecular complexity index is 593. The fourth-order valence-corrected chi connectivity index (χ4v) is 3.18. The maximum Gasteiger partial charge on any atom is 0.0406 e. The standard InChI is InChI=1S/C18H21BrClN/c1-12(2)18(14-6-8-16(20)9-7-14)21-11-15-5-4-13(3)10-17(15)19/h4-10,12,18,21H,11H2,1-3H3. The van der Waals surface area contributed by atoms with Crippen LogP contribution in [0.25, 0.3) is 0 Å². The summed E-state index contributed by atoms with van der Waals surface area (Å²) in [6.45, 7) is 7.41. The molecule has 21 heavy (non-hydrogen) atoms. The molecule has 0 radical (unpaired) electrons. The van der Waals surface area contributed by atoms with Gasteiger partial charge in [-0.25, -0.2) is 0 Å². The molecule has 0 spiro atoms. The van der Waals surface area contributed by atoms with Gasteiger partial charge in [-0.2, -0.15) is 0 Å². The molecule has 0 saturated heterocycles. The zero-order valence-electron chi connectivity index (χ0n) is 12.7. The van der Waals surface area contributed by atoms with Gasteiger partial charge >= 0.3 is 0 Å². The third-order valence-corrected chi connectivity index (χ3v) is 4.61. The minimum atomic E-state index is 0.315. The van der Waals surface area contributed by atoms with Gasteiger partial charge < -0.3 is 5.32 Å². The van der Waals surface area contributed by atoms with E-state index < -0.39 is 0 Å². The van der Waals surface area contributed by atoms with Crippen LogP contribution in [0.4, 0.5) is 0 Å². The summed E-state index contributed by atoms with van der Waals surface area (Å²) in [5.41, 5.74) is 3.82. The molecule has 1 unspecified atom stereocenters. The van der Waals surface area contributed by atoms with Crippen LogP contribution in [0.15, 0.2) is 46.9 Å². The summed E-state index contributed by atoms with van der Waals surface area (Å²) in [5.74, 6) is 0.510. The number of benzene rings is 2. The molecule has 0 aromatic heterocycles. The van der Waals surface area contributed by atoms with E-state index in [1.54, 1.807) is 0 Å². The molecular formula is C18H21BrClN. The molecule has 1 nitrogen and oxygen atoms in total. The lowest BCUT2D eigenvalue weighted by Gasteiger charge is -2.23. The van der Waals surface area contributed by atoms with E-state index in [1.165, 1.54) is 16.7 Å². The topological polar surface area (TPSA) is 12.0 Å². The van der Waals surface area contributed by atoms with Crippen LogP contribution >= 0.6 is 27.5 Å². The summed E-state index contributed by atoms with van der Waals surface area (Å²) in [4.78, 5) is 0. The predicted octanol–water partition coefficient (Wildman–Crippen LogP) is 5.90. The lowest BCUT2D eigenvalue weighted by atomic mass is 9.96. The summed E-state index contributed by atoms with van der Waals surface area (Å²) in [7, 11) is 0. The minimum absolute atomic E-state index is 0.315. The van der Waals surface area contributed by atoms with E-state index in [0.29, 0.717) is 12.0 Å². The predicted molar refractivity (Wildman–Crippen MR) is 94.7 cm³/mol. The van der Waals surface area contributed by atoms with Crippen molar-refractivity contribution < 1.29 is 0 Å². The van der Waals surface area contributed by atoms with E-state index in [0.717, 1.165) is 16.0 Å². The maximum absolute atomic E-state index is 5.98. The van der Waals surface area contributed by atoms with Crippen LogP contribution in [-0.4, -0.2) is 0 Å². The summed E-state index contributed by atoms with van der Waals surface area (Å²) < 4.78 is 1.16. The Balaban J connectivity index is 2.12. The van der Waals surface area contributed by atoms with Crippen molar-refractivity contribution in [3.63, 3.8) is 0 Å². The van der Waals surface area contributed by atoms with Gasteiger partial charge in [-0.1, -0.05) is 65.6 Å². The average Bonchev–Trinajstić information content (AvgIpc) is 2.42. The zero-order valence-corrected chi connectivity index (χ0v) is 15.0. The molecule has 0 aliphatic heterocycles. The number of hydrogen-bond acceptors (Lipinski definition) is 1. The quantitative estimate of drug-likeness (QED) is 0.695. The van der Waals surface area contributed by atoms with Crippen LogP contribution < -0.4 is 5.32 Å². The molecule has 0 bridgehead atoms. The Labute approximate surface area is 140 Å². The van der Waals surface area contributed by atoms with Crippen molar-refractivity contribution in [3.05, 3.63) is 68.7 Å². The molecule has 112 valence electrons. The average molecular weight is 367 g/mol. The van der Waals surface area contributed by atoms with Gasteiger partial charge in [0.1, 0.15) is 0 Å². The SMILES string of the molecule is Cc1ccc(CNC(c2ccc(Cl)cc2)C(C)C)c(Br)c1. The van der Waals surface area contributed by atoms with Crippen molar-refractivity contribution >= 4 is 27.5 Å². The summed E-state index contributed by atoms with van der Waals surface area (Å²) in [6, 6.07) is 14.9. The first-order valence-corrected chi connectivity index (χ1v) is 8.38. The van der Waals surface area contributed by atoms with Gasteiger partial charge in [-0.05, 0) is 47.7 Å². The van der Waals surface area contributed by atoms with Crippen molar-refractivity contribution in [2.75, 3.05) is 0 Å². The van der Waals surface area contributed by atoms with Gasteiger partial charge in [0.05, 0.1) is 0 Å². The molecule has 2 rings (SSSR count). The third-order valence-electron chi connectivity index (χ3n) is 3.62. The summed E-state index contributed by atoms with van der Waals surface area (Å²) in [5, 5.41) is 4.44. The molecule has 1 atom stereocenters. The molecular weight excluding hydrogens is 346 g/mol. The summed E-state index contributed by atoms with van der Waals surface area (Å²) >= 11 is 9.62. The van der Waals surface area contributed by atoms with Gasteiger partial charge in [0.15, 0.2) is 0 Å². The van der Waals surface area contributed by atoms with Crippen molar-refractivity contribution in [2.24, 2.45) is 5.92 Å². The van der Waals surface area contributed by atoms with Gasteiger partial charge in [-0.15, -0.1) is 0 Å². The highest BCUT2D eigenvalue weighted by Crippen LogP contribution is 2.25. The van der Waals surface area contributed by atoms with E-state index in [9.17, 15) is 0 Å². The van der Waals surface area contributed by atoms with E-state index in [4.69, 9.17) is 11.6 Å². The molecule has 0 saturated carbocycles. The van der Waals surface area contributed by atoms with Crippen molar-refractivity contribution in [1.82, 2.24) is 5.32 Å². The monoisotopic (exact) mass is 365 g/mol. The third kappa shape index (κ3) is 4.57. The molecule has 1 N–H and O–H groups in total. The first kappa shape index (κ1) is 16.5. The molecule has 0 aliphatic rings. The van der Waals surface area contributed by atoms with Crippen LogP contribution in [-0.2, 0) is 6.54 Å². The van der Waals surface area contributed by atoms with E-state index in [-0.39, 0.29) is 0 Å². The molecule has 2 aromatic rings. The lowest BCUT2D eigenvalue weighted by Crippen LogP contribution is -2.25. The number of halogens is 2. The van der Waals surface area contributed by atoms with Gasteiger partial charge in [0.25, 0.3) is 0 Å². The van der Waals surface area contributed by atoms with Crippen molar-refractivity contribution in [3.8, 4) is 0 Å². The normalized spacial score (nSPS) is 12.7. The van der Waals surface area contributed by atoms with Crippen LogP contribution in [0, 0.1) is 12.8 Å². The minimum Gasteiger partial charge on any atom is -0.306 e. The highest BCUT2D eigenvalue weighted by molar-refractivity contribution is 9.10. The van der Waals surface area contributed by atoms with Crippen LogP contribution in [0.1, 0.15) is 36.6 Å². The van der Waals surface area contributed by atoms with Gasteiger partial charge in [0.2, 0.25) is 0 Å². The zero-order chi connectivity index (χ0) is 15.4. The Hall–Kier alpha value is -0.830. The fraction of sp³-hybridized carbons (Fsp3) is 0.333. The molecule has 3 heteroatoms. The van der Waals surface area contributed by atoms with Crippen LogP contribution in [0.2, 0.25) is 5.02 Å². The first-order chi connectivity index (χ1) is 9.97. The summed E-state index contributed by atoms with van der Waals surface area (Å²) in [6.07, 6.45) is 0. The van der Waals surface area contributed by atoms with Gasteiger partial charge in [-0.3, -0.25) is 0 Å². The van der Waals surface area contributed by atoms with Crippen LogP contribution in [0.5, 0.6) is 0 Å². The second-order valence-corrected chi connectivity index (χ2v) is 7.04. The number of nitrogens with one attached hydrogen (secondary N) is 1. The van der Waals surface area contributed by atoms with E-state index >= 15 is 0 Å². The fourth-order valence-electron chi connectivity index (χ4n) is 2.42. The smallest absolute Gasteiger partial charge is 0.0406 e. The molecule has 2 aromatic carbocycles. The number of hydrogen-bond donors (Lipinski definition) is 1.